The molecule has 10 heavy (non-hydrogen) atoms. The minimum atomic E-state index is 1.01. The second-order valence-electron chi connectivity index (χ2n) is 2.08. The highest BCUT2D eigenvalue weighted by atomic mass is 32.1. The van der Waals surface area contributed by atoms with E-state index in [2.05, 4.69) is 17.6 Å². The maximum atomic E-state index is 4.27. The average Bonchev–Trinajstić information content (AvgIpc) is 2.30. The molecule has 54 valence electrons. The summed E-state index contributed by atoms with van der Waals surface area (Å²) in [4.78, 5) is 4.12. The Morgan fingerprint density at radius 3 is 2.50 bits per heavy atom. The Labute approximate surface area is 65.9 Å². The fourth-order valence-electron chi connectivity index (χ4n) is 0.982. The molecule has 0 saturated heterocycles. The van der Waals surface area contributed by atoms with E-state index in [9.17, 15) is 0 Å². The minimum absolute atomic E-state index is 1.01. The van der Waals surface area contributed by atoms with Gasteiger partial charge in [-0.25, -0.2) is 0 Å². The number of aromatic nitrogens is 1. The van der Waals surface area contributed by atoms with Crippen molar-refractivity contribution < 1.29 is 0 Å². The van der Waals surface area contributed by atoms with E-state index in [0.717, 1.165) is 10.2 Å². The molecule has 0 atom stereocenters. The Morgan fingerprint density at radius 1 is 1.40 bits per heavy atom. The molecule has 0 radical (unpaired) electrons. The largest absolute Gasteiger partial charge is 0.360 e. The number of rotatable bonds is 0. The van der Waals surface area contributed by atoms with Crippen LogP contribution in [0.4, 0.5) is 0 Å². The molecule has 0 aromatic carbocycles. The van der Waals surface area contributed by atoms with Crippen LogP contribution in [0.1, 0.15) is 13.8 Å². The molecule has 1 nitrogen and oxygen atoms in total. The number of H-pyrrole nitrogens is 1. The molecule has 0 unspecified atom stereocenters. The SMILES string of the molecule is C/C=c1/[nH]cc(S)/c1=C/C. The van der Waals surface area contributed by atoms with Crippen LogP contribution in [-0.4, -0.2) is 4.98 Å². The lowest BCUT2D eigenvalue weighted by molar-refractivity contribution is 1.31. The van der Waals surface area contributed by atoms with Crippen molar-refractivity contribution >= 4 is 24.8 Å². The molecule has 0 aliphatic carbocycles. The first kappa shape index (κ1) is 7.48. The Kier molecular flexibility index (Phi) is 2.22. The predicted octanol–water partition coefficient (Wildman–Crippen LogP) is 0.904. The lowest BCUT2D eigenvalue weighted by Crippen LogP contribution is -2.22. The summed E-state index contributed by atoms with van der Waals surface area (Å²) >= 11 is 4.27. The minimum Gasteiger partial charge on any atom is -0.360 e. The normalized spacial score (nSPS) is 14.7. The molecule has 2 heteroatoms. The van der Waals surface area contributed by atoms with E-state index in [1.807, 2.05) is 32.2 Å². The molecular formula is C8H11NS. The summed E-state index contributed by atoms with van der Waals surface area (Å²) in [6.45, 7) is 4.02. The average molecular weight is 153 g/mol. The summed E-state index contributed by atoms with van der Waals surface area (Å²) in [7, 11) is 0. The molecule has 0 bridgehead atoms. The van der Waals surface area contributed by atoms with Crippen LogP contribution in [-0.2, 0) is 0 Å². The third-order valence-corrected chi connectivity index (χ3v) is 1.88. The maximum absolute atomic E-state index is 4.27. The number of hydrogen-bond acceptors (Lipinski definition) is 1. The zero-order valence-corrected chi connectivity index (χ0v) is 7.07. The molecule has 0 aliphatic heterocycles. The van der Waals surface area contributed by atoms with E-state index in [1.54, 1.807) is 0 Å². The van der Waals surface area contributed by atoms with E-state index >= 15 is 0 Å². The van der Waals surface area contributed by atoms with E-state index in [1.165, 1.54) is 5.22 Å². The molecule has 1 rings (SSSR count). The van der Waals surface area contributed by atoms with Gasteiger partial charge in [0.2, 0.25) is 0 Å². The fourth-order valence-corrected chi connectivity index (χ4v) is 1.30. The van der Waals surface area contributed by atoms with Gasteiger partial charge in [0.05, 0.1) is 0 Å². The second-order valence-corrected chi connectivity index (χ2v) is 2.56. The molecule has 1 aromatic heterocycles. The predicted molar refractivity (Wildman–Crippen MR) is 47.6 cm³/mol. The van der Waals surface area contributed by atoms with E-state index < -0.39 is 0 Å². The van der Waals surface area contributed by atoms with Gasteiger partial charge < -0.3 is 4.98 Å². The van der Waals surface area contributed by atoms with Crippen LogP contribution in [0.5, 0.6) is 0 Å². The van der Waals surface area contributed by atoms with Gasteiger partial charge in [-0.05, 0) is 13.8 Å². The van der Waals surface area contributed by atoms with Crippen LogP contribution >= 0.6 is 12.6 Å². The van der Waals surface area contributed by atoms with Crippen LogP contribution in [0.2, 0.25) is 0 Å². The van der Waals surface area contributed by atoms with E-state index in [-0.39, 0.29) is 0 Å². The second kappa shape index (κ2) is 2.97. The number of thiol groups is 1. The van der Waals surface area contributed by atoms with Crippen molar-refractivity contribution in [2.75, 3.05) is 0 Å². The third-order valence-electron chi connectivity index (χ3n) is 1.51. The Hall–Kier alpha value is -0.630. The summed E-state index contributed by atoms with van der Waals surface area (Å²) in [5.74, 6) is 0. The monoisotopic (exact) mass is 153 g/mol. The first-order chi connectivity index (χ1) is 4.79. The molecule has 0 aliphatic rings. The van der Waals surface area contributed by atoms with Crippen molar-refractivity contribution in [2.24, 2.45) is 0 Å². The van der Waals surface area contributed by atoms with Crippen LogP contribution in [0.15, 0.2) is 11.1 Å². The highest BCUT2D eigenvalue weighted by molar-refractivity contribution is 7.80. The molecular weight excluding hydrogens is 142 g/mol. The topological polar surface area (TPSA) is 15.8 Å². The maximum Gasteiger partial charge on any atom is 0.0418 e. The Morgan fingerprint density at radius 2 is 2.10 bits per heavy atom. The highest BCUT2D eigenvalue weighted by Crippen LogP contribution is 1.90. The highest BCUT2D eigenvalue weighted by Gasteiger charge is 1.89. The zero-order chi connectivity index (χ0) is 7.56. The smallest absolute Gasteiger partial charge is 0.0418 e. The van der Waals surface area contributed by atoms with Crippen LogP contribution < -0.4 is 10.6 Å². The fraction of sp³-hybridized carbons (Fsp3) is 0.250. The van der Waals surface area contributed by atoms with Crippen molar-refractivity contribution in [1.29, 1.82) is 0 Å². The molecule has 0 fully saturated rings. The van der Waals surface area contributed by atoms with Gasteiger partial charge in [0.25, 0.3) is 0 Å². The van der Waals surface area contributed by atoms with Crippen LogP contribution in [0.3, 0.4) is 0 Å². The van der Waals surface area contributed by atoms with Gasteiger partial charge in [0, 0.05) is 21.7 Å². The van der Waals surface area contributed by atoms with Gasteiger partial charge in [-0.1, -0.05) is 12.2 Å². The summed E-state index contributed by atoms with van der Waals surface area (Å²) in [5.41, 5.74) is 0. The molecule has 0 saturated carbocycles. The third kappa shape index (κ3) is 1.12. The standard InChI is InChI=1S/C8H11NS/c1-3-6-7(4-2)9-5-8(6)10/h3-5,9-10H,1-2H3/b6-3+,7-4+. The number of nitrogens with one attached hydrogen (secondary N) is 1. The van der Waals surface area contributed by atoms with Crippen LogP contribution in [0, 0.1) is 0 Å². The molecule has 1 N–H and O–H groups in total. The molecule has 0 spiro atoms. The summed E-state index contributed by atoms with van der Waals surface area (Å²) < 4.78 is 0. The van der Waals surface area contributed by atoms with Gasteiger partial charge in [0.1, 0.15) is 0 Å². The van der Waals surface area contributed by atoms with Gasteiger partial charge in [-0.15, -0.1) is 12.6 Å². The zero-order valence-electron chi connectivity index (χ0n) is 6.18. The van der Waals surface area contributed by atoms with Crippen molar-refractivity contribution in [3.8, 4) is 0 Å². The van der Waals surface area contributed by atoms with E-state index in [4.69, 9.17) is 0 Å². The first-order valence-electron chi connectivity index (χ1n) is 3.28. The van der Waals surface area contributed by atoms with Crippen molar-refractivity contribution in [3.05, 3.63) is 16.8 Å². The molecule has 0 amide bonds. The van der Waals surface area contributed by atoms with E-state index in [0.29, 0.717) is 0 Å². The van der Waals surface area contributed by atoms with Crippen LogP contribution in [0.25, 0.3) is 12.2 Å². The van der Waals surface area contributed by atoms with Gasteiger partial charge >= 0.3 is 0 Å². The number of hydrogen-bond donors (Lipinski definition) is 2. The van der Waals surface area contributed by atoms with Gasteiger partial charge in [0.15, 0.2) is 0 Å². The molecule has 1 aromatic rings. The van der Waals surface area contributed by atoms with Gasteiger partial charge in [-0.3, -0.25) is 0 Å². The van der Waals surface area contributed by atoms with Crippen molar-refractivity contribution in [1.82, 2.24) is 4.98 Å². The van der Waals surface area contributed by atoms with Crippen molar-refractivity contribution in [2.45, 2.75) is 18.7 Å². The quantitative estimate of drug-likeness (QED) is 0.515. The summed E-state index contributed by atoms with van der Waals surface area (Å²) in [5, 5.41) is 2.33. The lowest BCUT2D eigenvalue weighted by atomic mass is 10.4. The lowest BCUT2D eigenvalue weighted by Gasteiger charge is -1.77. The number of aromatic amines is 1. The summed E-state index contributed by atoms with van der Waals surface area (Å²) in [6, 6.07) is 0. The first-order valence-corrected chi connectivity index (χ1v) is 3.73. The molecule has 1 heterocycles. The van der Waals surface area contributed by atoms with Gasteiger partial charge in [-0.2, -0.15) is 0 Å². The van der Waals surface area contributed by atoms with Crippen molar-refractivity contribution in [3.63, 3.8) is 0 Å². The Bertz CT molecular complexity index is 322. The Balaban J connectivity index is 3.59. The summed E-state index contributed by atoms with van der Waals surface area (Å²) in [6.07, 6.45) is 5.98.